The summed E-state index contributed by atoms with van der Waals surface area (Å²) in [5.74, 6) is 0.743. The zero-order valence-electron chi connectivity index (χ0n) is 8.68. The van der Waals surface area contributed by atoms with E-state index in [9.17, 15) is 0 Å². The molecule has 2 rings (SSSR count). The van der Waals surface area contributed by atoms with Gasteiger partial charge in [-0.3, -0.25) is 4.90 Å². The van der Waals surface area contributed by atoms with Crippen molar-refractivity contribution in [1.29, 1.82) is 0 Å². The van der Waals surface area contributed by atoms with Gasteiger partial charge in [0.05, 0.1) is 0 Å². The third-order valence-electron chi connectivity index (χ3n) is 3.58. The highest BCUT2D eigenvalue weighted by molar-refractivity contribution is 14.1. The van der Waals surface area contributed by atoms with Crippen molar-refractivity contribution in [2.45, 2.75) is 42.2 Å². The Hall–Kier alpha value is 0.650. The van der Waals surface area contributed by atoms with Crippen LogP contribution >= 0.6 is 22.6 Å². The molecule has 0 spiro atoms. The van der Waals surface area contributed by atoms with Gasteiger partial charge in [0.1, 0.15) is 0 Å². The summed E-state index contributed by atoms with van der Waals surface area (Å²) >= 11 is 2.63. The molecule has 0 aromatic carbocycles. The van der Waals surface area contributed by atoms with Gasteiger partial charge in [-0.1, -0.05) is 22.6 Å². The SMILES string of the molecule is CC(C)(C)N1CC2C(N)CC2(I)C1. The zero-order chi connectivity index (χ0) is 9.85. The van der Waals surface area contributed by atoms with Crippen molar-refractivity contribution in [3.8, 4) is 0 Å². The van der Waals surface area contributed by atoms with Crippen LogP contribution in [-0.2, 0) is 0 Å². The first-order valence-corrected chi connectivity index (χ1v) is 6.10. The van der Waals surface area contributed by atoms with Crippen LogP contribution in [0.1, 0.15) is 27.2 Å². The Labute approximate surface area is 94.4 Å². The van der Waals surface area contributed by atoms with E-state index < -0.39 is 0 Å². The molecule has 0 aromatic heterocycles. The topological polar surface area (TPSA) is 29.3 Å². The van der Waals surface area contributed by atoms with Crippen molar-refractivity contribution in [3.05, 3.63) is 0 Å². The van der Waals surface area contributed by atoms with E-state index in [0.717, 1.165) is 5.92 Å². The number of hydrogen-bond acceptors (Lipinski definition) is 2. The van der Waals surface area contributed by atoms with Crippen LogP contribution in [-0.4, -0.2) is 33.0 Å². The van der Waals surface area contributed by atoms with Gasteiger partial charge in [0.25, 0.3) is 0 Å². The van der Waals surface area contributed by atoms with E-state index in [2.05, 4.69) is 48.3 Å². The van der Waals surface area contributed by atoms with Crippen molar-refractivity contribution in [2.24, 2.45) is 11.7 Å². The molecule has 0 aromatic rings. The van der Waals surface area contributed by atoms with Crippen LogP contribution in [0.3, 0.4) is 0 Å². The summed E-state index contributed by atoms with van der Waals surface area (Å²) in [7, 11) is 0. The van der Waals surface area contributed by atoms with E-state index in [1.807, 2.05) is 0 Å². The van der Waals surface area contributed by atoms with Crippen LogP contribution in [0.5, 0.6) is 0 Å². The van der Waals surface area contributed by atoms with Gasteiger partial charge < -0.3 is 5.73 Å². The number of hydrogen-bond donors (Lipinski definition) is 1. The van der Waals surface area contributed by atoms with E-state index in [1.54, 1.807) is 0 Å². The largest absolute Gasteiger partial charge is 0.327 e. The van der Waals surface area contributed by atoms with Crippen LogP contribution < -0.4 is 5.73 Å². The molecule has 2 fully saturated rings. The maximum atomic E-state index is 6.02. The summed E-state index contributed by atoms with van der Waals surface area (Å²) in [5.41, 5.74) is 6.34. The average molecular weight is 294 g/mol. The van der Waals surface area contributed by atoms with Crippen molar-refractivity contribution >= 4 is 22.6 Å². The van der Waals surface area contributed by atoms with E-state index in [1.165, 1.54) is 19.5 Å². The maximum Gasteiger partial charge on any atom is 0.0419 e. The molecule has 1 heterocycles. The van der Waals surface area contributed by atoms with Crippen molar-refractivity contribution < 1.29 is 0 Å². The molecule has 3 unspecified atom stereocenters. The molecule has 3 atom stereocenters. The Bertz CT molecular complexity index is 223. The van der Waals surface area contributed by atoms with Gasteiger partial charge in [-0.2, -0.15) is 0 Å². The van der Waals surface area contributed by atoms with Crippen molar-refractivity contribution in [2.75, 3.05) is 13.1 Å². The molecule has 1 aliphatic carbocycles. The molecule has 2 nitrogen and oxygen atoms in total. The summed E-state index contributed by atoms with van der Waals surface area (Å²) in [4.78, 5) is 2.58. The molecule has 0 amide bonds. The van der Waals surface area contributed by atoms with Gasteiger partial charge in [0.15, 0.2) is 0 Å². The van der Waals surface area contributed by atoms with Crippen LogP contribution in [0.2, 0.25) is 0 Å². The predicted octanol–water partition coefficient (Wildman–Crippen LogP) is 1.62. The normalized spacial score (nSPS) is 45.9. The molecule has 2 N–H and O–H groups in total. The number of nitrogens with zero attached hydrogens (tertiary/aromatic N) is 1. The standard InChI is InChI=1S/C10H19IN2/c1-9(2,3)13-5-7-8(12)4-10(7,11)6-13/h7-8H,4-6,12H2,1-3H3. The van der Waals surface area contributed by atoms with Gasteiger partial charge >= 0.3 is 0 Å². The molecule has 1 saturated carbocycles. The average Bonchev–Trinajstić information content (AvgIpc) is 2.21. The summed E-state index contributed by atoms with van der Waals surface area (Å²) in [6.07, 6.45) is 1.21. The number of alkyl halides is 1. The van der Waals surface area contributed by atoms with Crippen molar-refractivity contribution in [3.63, 3.8) is 0 Å². The Kier molecular flexibility index (Phi) is 2.21. The molecule has 13 heavy (non-hydrogen) atoms. The van der Waals surface area contributed by atoms with Crippen molar-refractivity contribution in [1.82, 2.24) is 4.90 Å². The fourth-order valence-corrected chi connectivity index (χ4v) is 4.10. The third-order valence-corrected chi connectivity index (χ3v) is 5.16. The zero-order valence-corrected chi connectivity index (χ0v) is 10.8. The second-order valence-electron chi connectivity index (χ2n) is 5.56. The van der Waals surface area contributed by atoms with Crippen LogP contribution in [0.25, 0.3) is 0 Å². The minimum Gasteiger partial charge on any atom is -0.327 e. The fourth-order valence-electron chi connectivity index (χ4n) is 2.52. The second kappa shape index (κ2) is 2.83. The van der Waals surface area contributed by atoms with Crippen LogP contribution in [0.15, 0.2) is 0 Å². The first-order chi connectivity index (χ1) is 5.83. The number of halogens is 1. The Morgan fingerprint density at radius 2 is 2.08 bits per heavy atom. The molecule has 1 aliphatic heterocycles. The molecule has 0 radical (unpaired) electrons. The molecule has 1 saturated heterocycles. The highest BCUT2D eigenvalue weighted by atomic mass is 127. The number of likely N-dealkylation sites (tertiary alicyclic amines) is 1. The van der Waals surface area contributed by atoms with E-state index in [0.29, 0.717) is 15.0 Å². The molecule has 0 bridgehead atoms. The lowest BCUT2D eigenvalue weighted by atomic mass is 9.72. The lowest BCUT2D eigenvalue weighted by Crippen LogP contribution is -2.56. The van der Waals surface area contributed by atoms with Gasteiger partial charge in [-0.15, -0.1) is 0 Å². The highest BCUT2D eigenvalue weighted by Gasteiger charge is 2.57. The molecular weight excluding hydrogens is 275 g/mol. The number of nitrogens with two attached hydrogens (primary N) is 1. The van der Waals surface area contributed by atoms with E-state index in [4.69, 9.17) is 5.73 Å². The summed E-state index contributed by atoms with van der Waals surface area (Å²) in [5, 5.41) is 0. The van der Waals surface area contributed by atoms with Gasteiger partial charge in [-0.05, 0) is 27.2 Å². The lowest BCUT2D eigenvalue weighted by molar-refractivity contribution is 0.168. The van der Waals surface area contributed by atoms with Gasteiger partial charge in [-0.25, -0.2) is 0 Å². The Balaban J connectivity index is 2.09. The minimum absolute atomic E-state index is 0.315. The molecule has 76 valence electrons. The monoisotopic (exact) mass is 294 g/mol. The van der Waals surface area contributed by atoms with Crippen LogP contribution in [0, 0.1) is 5.92 Å². The highest BCUT2D eigenvalue weighted by Crippen LogP contribution is 2.51. The van der Waals surface area contributed by atoms with Gasteiger partial charge in [0.2, 0.25) is 0 Å². The summed E-state index contributed by atoms with van der Waals surface area (Å²) < 4.78 is 0.504. The number of fused-ring (bicyclic) bond motifs is 1. The lowest BCUT2D eigenvalue weighted by Gasteiger charge is -2.44. The van der Waals surface area contributed by atoms with Crippen LogP contribution in [0.4, 0.5) is 0 Å². The second-order valence-corrected chi connectivity index (χ2v) is 7.71. The minimum atomic E-state index is 0.315. The third kappa shape index (κ3) is 1.53. The summed E-state index contributed by atoms with van der Waals surface area (Å²) in [6, 6.07) is 0.462. The molecular formula is C10H19IN2. The maximum absolute atomic E-state index is 6.02. The van der Waals surface area contributed by atoms with Gasteiger partial charge in [0, 0.05) is 34.0 Å². The predicted molar refractivity (Wildman–Crippen MR) is 64.2 cm³/mol. The first-order valence-electron chi connectivity index (χ1n) is 5.02. The first kappa shape index (κ1) is 10.2. The Morgan fingerprint density at radius 1 is 1.46 bits per heavy atom. The smallest absolute Gasteiger partial charge is 0.0419 e. The Morgan fingerprint density at radius 3 is 2.46 bits per heavy atom. The summed E-state index contributed by atoms with van der Waals surface area (Å²) in [6.45, 7) is 9.32. The molecule has 3 heteroatoms. The van der Waals surface area contributed by atoms with E-state index >= 15 is 0 Å². The number of rotatable bonds is 0. The fraction of sp³-hybridized carbons (Fsp3) is 1.00. The molecule has 2 aliphatic rings. The van der Waals surface area contributed by atoms with E-state index in [-0.39, 0.29) is 0 Å². The quantitative estimate of drug-likeness (QED) is 0.543.